The van der Waals surface area contributed by atoms with Gasteiger partial charge in [0.05, 0.1) is 6.20 Å². The average molecular weight is 179 g/mol. The van der Waals surface area contributed by atoms with Crippen molar-refractivity contribution in [2.24, 2.45) is 5.41 Å². The van der Waals surface area contributed by atoms with E-state index in [0.717, 1.165) is 6.54 Å². The number of nitrogens with one attached hydrogen (secondary N) is 2. The maximum Gasteiger partial charge on any atom is 0.0532 e. The van der Waals surface area contributed by atoms with Crippen LogP contribution in [-0.2, 0) is 6.54 Å². The molecule has 3 heteroatoms. The zero-order valence-corrected chi connectivity index (χ0v) is 8.30. The first kappa shape index (κ1) is 8.75. The molecule has 0 bridgehead atoms. The van der Waals surface area contributed by atoms with Crippen molar-refractivity contribution in [2.75, 3.05) is 0 Å². The lowest BCUT2D eigenvalue weighted by Crippen LogP contribution is -2.32. The summed E-state index contributed by atoms with van der Waals surface area (Å²) in [6.45, 7) is 5.54. The van der Waals surface area contributed by atoms with E-state index in [4.69, 9.17) is 0 Å². The fraction of sp³-hybridized carbons (Fsp3) is 0.700. The Bertz CT molecular complexity index is 262. The Morgan fingerprint density at radius 1 is 1.69 bits per heavy atom. The summed E-state index contributed by atoms with van der Waals surface area (Å²) in [6.07, 6.45) is 6.54. The second-order valence-corrected chi connectivity index (χ2v) is 4.36. The topological polar surface area (TPSA) is 40.7 Å². The van der Waals surface area contributed by atoms with E-state index >= 15 is 0 Å². The third-order valence-corrected chi connectivity index (χ3v) is 3.25. The molecule has 3 nitrogen and oxygen atoms in total. The lowest BCUT2D eigenvalue weighted by atomic mass is 10.0. The van der Waals surface area contributed by atoms with Gasteiger partial charge in [0.15, 0.2) is 0 Å². The monoisotopic (exact) mass is 179 g/mol. The van der Waals surface area contributed by atoms with Crippen LogP contribution in [0.2, 0.25) is 0 Å². The molecule has 1 heterocycles. The van der Waals surface area contributed by atoms with Gasteiger partial charge in [0, 0.05) is 24.3 Å². The van der Waals surface area contributed by atoms with Crippen LogP contribution in [0.5, 0.6) is 0 Å². The van der Waals surface area contributed by atoms with Crippen molar-refractivity contribution in [1.82, 2.24) is 15.5 Å². The first-order chi connectivity index (χ1) is 6.21. The summed E-state index contributed by atoms with van der Waals surface area (Å²) in [5, 5.41) is 10.3. The summed E-state index contributed by atoms with van der Waals surface area (Å²) in [5.74, 6) is 0. The number of aromatic amines is 1. The molecule has 0 aliphatic heterocycles. The van der Waals surface area contributed by atoms with Crippen molar-refractivity contribution in [3.05, 3.63) is 18.0 Å². The molecule has 2 N–H and O–H groups in total. The van der Waals surface area contributed by atoms with Crippen LogP contribution >= 0.6 is 0 Å². The first-order valence-electron chi connectivity index (χ1n) is 4.92. The van der Waals surface area contributed by atoms with E-state index in [1.54, 1.807) is 0 Å². The van der Waals surface area contributed by atoms with Gasteiger partial charge in [-0.3, -0.25) is 5.10 Å². The lowest BCUT2D eigenvalue weighted by Gasteiger charge is -2.19. The van der Waals surface area contributed by atoms with Crippen LogP contribution in [0.1, 0.15) is 32.3 Å². The molecule has 0 amide bonds. The van der Waals surface area contributed by atoms with Crippen LogP contribution in [0, 0.1) is 5.41 Å². The van der Waals surface area contributed by atoms with E-state index in [1.165, 1.54) is 18.4 Å². The molecule has 1 aliphatic carbocycles. The number of rotatable bonds is 4. The van der Waals surface area contributed by atoms with E-state index < -0.39 is 0 Å². The normalized spacial score (nSPS) is 21.4. The zero-order chi connectivity index (χ0) is 9.31. The molecular formula is C10H17N3. The van der Waals surface area contributed by atoms with Gasteiger partial charge in [0.1, 0.15) is 0 Å². The molecule has 0 spiro atoms. The fourth-order valence-corrected chi connectivity index (χ4v) is 1.52. The van der Waals surface area contributed by atoms with Gasteiger partial charge in [-0.15, -0.1) is 0 Å². The second-order valence-electron chi connectivity index (χ2n) is 4.36. The molecule has 72 valence electrons. The molecule has 1 unspecified atom stereocenters. The highest BCUT2D eigenvalue weighted by Crippen LogP contribution is 2.47. The van der Waals surface area contributed by atoms with Gasteiger partial charge in [0.25, 0.3) is 0 Å². The van der Waals surface area contributed by atoms with E-state index in [0.29, 0.717) is 11.5 Å². The number of hydrogen-bond donors (Lipinski definition) is 2. The maximum absolute atomic E-state index is 3.91. The van der Waals surface area contributed by atoms with Gasteiger partial charge in [0.2, 0.25) is 0 Å². The third-order valence-electron chi connectivity index (χ3n) is 3.25. The first-order valence-corrected chi connectivity index (χ1v) is 4.92. The zero-order valence-electron chi connectivity index (χ0n) is 8.30. The Hall–Kier alpha value is -0.830. The van der Waals surface area contributed by atoms with E-state index in [-0.39, 0.29) is 0 Å². The molecule has 1 fully saturated rings. The van der Waals surface area contributed by atoms with Crippen LogP contribution in [0.3, 0.4) is 0 Å². The summed E-state index contributed by atoms with van der Waals surface area (Å²) in [4.78, 5) is 0. The highest BCUT2D eigenvalue weighted by Gasteiger charge is 2.42. The molecule has 13 heavy (non-hydrogen) atoms. The molecule has 0 aromatic carbocycles. The van der Waals surface area contributed by atoms with Crippen molar-refractivity contribution < 1.29 is 0 Å². The van der Waals surface area contributed by atoms with Crippen LogP contribution in [0.15, 0.2) is 12.4 Å². The van der Waals surface area contributed by atoms with Crippen molar-refractivity contribution in [1.29, 1.82) is 0 Å². The largest absolute Gasteiger partial charge is 0.310 e. The predicted octanol–water partition coefficient (Wildman–Crippen LogP) is 1.69. The molecular weight excluding hydrogens is 162 g/mol. The number of H-pyrrole nitrogens is 1. The predicted molar refractivity (Wildman–Crippen MR) is 52.2 cm³/mol. The smallest absolute Gasteiger partial charge is 0.0532 e. The summed E-state index contributed by atoms with van der Waals surface area (Å²) < 4.78 is 0. The molecule has 1 aromatic rings. The lowest BCUT2D eigenvalue weighted by molar-refractivity contribution is 0.380. The van der Waals surface area contributed by atoms with Crippen LogP contribution in [0.25, 0.3) is 0 Å². The number of aromatic nitrogens is 2. The van der Waals surface area contributed by atoms with Gasteiger partial charge in [-0.25, -0.2) is 0 Å². The molecule has 0 radical (unpaired) electrons. The summed E-state index contributed by atoms with van der Waals surface area (Å²) in [7, 11) is 0. The second kappa shape index (κ2) is 3.14. The Labute approximate surface area is 78.9 Å². The minimum atomic E-state index is 0.559. The van der Waals surface area contributed by atoms with Crippen molar-refractivity contribution in [2.45, 2.75) is 39.3 Å². The Balaban J connectivity index is 1.79. The minimum absolute atomic E-state index is 0.559. The third kappa shape index (κ3) is 1.91. The highest BCUT2D eigenvalue weighted by atomic mass is 15.1. The maximum atomic E-state index is 3.91. The quantitative estimate of drug-likeness (QED) is 0.738. The van der Waals surface area contributed by atoms with Gasteiger partial charge in [-0.05, 0) is 25.2 Å². The molecule has 1 aromatic heterocycles. The Morgan fingerprint density at radius 3 is 3.00 bits per heavy atom. The standard InChI is InChI=1S/C10H17N3/c1-8(10(2)3-4-10)11-5-9-6-12-13-7-9/h6-8,11H,3-5H2,1-2H3,(H,12,13). The van der Waals surface area contributed by atoms with Gasteiger partial charge >= 0.3 is 0 Å². The summed E-state index contributed by atoms with van der Waals surface area (Å²) in [6, 6.07) is 0.613. The van der Waals surface area contributed by atoms with E-state index in [1.807, 2.05) is 12.4 Å². The van der Waals surface area contributed by atoms with Crippen LogP contribution in [0.4, 0.5) is 0 Å². The number of nitrogens with zero attached hydrogens (tertiary/aromatic N) is 1. The van der Waals surface area contributed by atoms with Gasteiger partial charge < -0.3 is 5.32 Å². The van der Waals surface area contributed by atoms with Crippen LogP contribution in [-0.4, -0.2) is 16.2 Å². The van der Waals surface area contributed by atoms with Gasteiger partial charge in [-0.2, -0.15) is 5.10 Å². The molecule has 1 atom stereocenters. The Morgan fingerprint density at radius 2 is 2.46 bits per heavy atom. The average Bonchev–Trinajstić information content (AvgIpc) is 2.70. The minimum Gasteiger partial charge on any atom is -0.310 e. The van der Waals surface area contributed by atoms with Crippen molar-refractivity contribution in [3.8, 4) is 0 Å². The molecule has 0 saturated heterocycles. The molecule has 1 aliphatic rings. The SMILES string of the molecule is CC(NCc1cn[nH]c1)C1(C)CC1. The fourth-order valence-electron chi connectivity index (χ4n) is 1.52. The summed E-state index contributed by atoms with van der Waals surface area (Å²) in [5.41, 5.74) is 1.79. The summed E-state index contributed by atoms with van der Waals surface area (Å²) >= 11 is 0. The highest BCUT2D eigenvalue weighted by molar-refractivity contribution is 5.03. The molecule has 1 saturated carbocycles. The van der Waals surface area contributed by atoms with E-state index in [2.05, 4.69) is 29.4 Å². The van der Waals surface area contributed by atoms with Crippen molar-refractivity contribution >= 4 is 0 Å². The Kier molecular flexibility index (Phi) is 2.12. The number of hydrogen-bond acceptors (Lipinski definition) is 2. The van der Waals surface area contributed by atoms with Gasteiger partial charge in [-0.1, -0.05) is 6.92 Å². The van der Waals surface area contributed by atoms with Crippen LogP contribution < -0.4 is 5.32 Å². The molecule has 2 rings (SSSR count). The van der Waals surface area contributed by atoms with E-state index in [9.17, 15) is 0 Å². The van der Waals surface area contributed by atoms with Crippen molar-refractivity contribution in [3.63, 3.8) is 0 Å².